The maximum atomic E-state index is 12.7. The van der Waals surface area contributed by atoms with E-state index < -0.39 is 0 Å². The number of hydrogen-bond donors (Lipinski definition) is 1. The Kier molecular flexibility index (Phi) is 5.53. The lowest BCUT2D eigenvalue weighted by molar-refractivity contribution is -0.127. The number of ether oxygens (including phenoxy) is 2. The second-order valence-corrected chi connectivity index (χ2v) is 7.23. The van der Waals surface area contributed by atoms with Crippen molar-refractivity contribution in [1.82, 2.24) is 14.9 Å². The van der Waals surface area contributed by atoms with Crippen molar-refractivity contribution in [2.24, 2.45) is 5.92 Å². The highest BCUT2D eigenvalue weighted by Crippen LogP contribution is 2.29. The summed E-state index contributed by atoms with van der Waals surface area (Å²) in [5.74, 6) is 1.36. The van der Waals surface area contributed by atoms with Gasteiger partial charge in [0.2, 0.25) is 5.91 Å². The lowest BCUT2D eigenvalue weighted by Crippen LogP contribution is -2.31. The molecule has 1 aliphatic carbocycles. The van der Waals surface area contributed by atoms with Crippen molar-refractivity contribution >= 4 is 12.0 Å². The number of imidazole rings is 1. The first-order valence-electron chi connectivity index (χ1n) is 9.54. The number of hydrogen-bond acceptors (Lipinski definition) is 4. The fourth-order valence-corrected chi connectivity index (χ4v) is 3.25. The van der Waals surface area contributed by atoms with Gasteiger partial charge in [-0.15, -0.1) is 0 Å². The van der Waals surface area contributed by atoms with Gasteiger partial charge in [0.15, 0.2) is 0 Å². The second-order valence-electron chi connectivity index (χ2n) is 7.23. The summed E-state index contributed by atoms with van der Waals surface area (Å²) in [6.07, 6.45) is 9.89. The number of nitrogens with zero attached hydrogens (tertiary/aromatic N) is 2. The molecule has 6 heteroatoms. The molecule has 142 valence electrons. The lowest BCUT2D eigenvalue weighted by atomic mass is 10.1. The summed E-state index contributed by atoms with van der Waals surface area (Å²) in [6, 6.07) is 8.39. The highest BCUT2D eigenvalue weighted by atomic mass is 16.5. The molecule has 1 saturated heterocycles. The molecule has 1 saturated carbocycles. The van der Waals surface area contributed by atoms with Crippen LogP contribution >= 0.6 is 0 Å². The van der Waals surface area contributed by atoms with Crippen LogP contribution in [0.15, 0.2) is 42.9 Å². The molecular weight excluding hydrogens is 342 g/mol. The number of aromatic nitrogens is 2. The van der Waals surface area contributed by atoms with Crippen molar-refractivity contribution in [1.29, 1.82) is 0 Å². The van der Waals surface area contributed by atoms with Crippen LogP contribution in [0, 0.1) is 5.92 Å². The minimum atomic E-state index is 0.0292. The number of H-pyrrole nitrogens is 1. The Morgan fingerprint density at radius 3 is 3.04 bits per heavy atom. The van der Waals surface area contributed by atoms with E-state index in [1.54, 1.807) is 24.7 Å². The predicted molar refractivity (Wildman–Crippen MR) is 102 cm³/mol. The van der Waals surface area contributed by atoms with Gasteiger partial charge in [0.1, 0.15) is 5.75 Å². The number of rotatable bonds is 8. The van der Waals surface area contributed by atoms with E-state index in [2.05, 4.69) is 9.97 Å². The van der Waals surface area contributed by atoms with Gasteiger partial charge in [-0.1, -0.05) is 12.1 Å². The zero-order chi connectivity index (χ0) is 18.5. The fraction of sp³-hybridized carbons (Fsp3) is 0.429. The van der Waals surface area contributed by atoms with Crippen LogP contribution < -0.4 is 4.74 Å². The molecular formula is C21H25N3O3. The summed E-state index contributed by atoms with van der Waals surface area (Å²) in [7, 11) is 0. The van der Waals surface area contributed by atoms with Gasteiger partial charge < -0.3 is 19.4 Å². The van der Waals surface area contributed by atoms with Gasteiger partial charge in [-0.05, 0) is 43.0 Å². The molecule has 2 aliphatic rings. The number of aromatic amines is 1. The van der Waals surface area contributed by atoms with Crippen LogP contribution in [-0.4, -0.2) is 46.6 Å². The Morgan fingerprint density at radius 1 is 1.37 bits per heavy atom. The quantitative estimate of drug-likeness (QED) is 0.728. The van der Waals surface area contributed by atoms with Gasteiger partial charge in [-0.3, -0.25) is 4.79 Å². The Hall–Kier alpha value is -2.60. The van der Waals surface area contributed by atoms with Crippen LogP contribution in [0.25, 0.3) is 6.08 Å². The van der Waals surface area contributed by atoms with Crippen LogP contribution in [0.5, 0.6) is 5.75 Å². The van der Waals surface area contributed by atoms with E-state index in [4.69, 9.17) is 9.47 Å². The van der Waals surface area contributed by atoms with E-state index in [0.717, 1.165) is 49.5 Å². The summed E-state index contributed by atoms with van der Waals surface area (Å²) >= 11 is 0. The fourth-order valence-electron chi connectivity index (χ4n) is 3.25. The normalized spacial score (nSPS) is 19.5. The van der Waals surface area contributed by atoms with Gasteiger partial charge in [0, 0.05) is 31.2 Å². The van der Waals surface area contributed by atoms with Crippen molar-refractivity contribution in [3.05, 3.63) is 54.1 Å². The van der Waals surface area contributed by atoms with Crippen molar-refractivity contribution in [3.63, 3.8) is 0 Å². The molecule has 2 fully saturated rings. The molecule has 1 amide bonds. The first kappa shape index (κ1) is 17.8. The van der Waals surface area contributed by atoms with Crippen LogP contribution in [0.4, 0.5) is 0 Å². The molecule has 4 rings (SSSR count). The molecule has 6 nitrogen and oxygen atoms in total. The van der Waals surface area contributed by atoms with E-state index >= 15 is 0 Å². The lowest BCUT2D eigenvalue weighted by Gasteiger charge is -2.21. The third kappa shape index (κ3) is 4.98. The first-order chi connectivity index (χ1) is 13.3. The van der Waals surface area contributed by atoms with Gasteiger partial charge in [-0.2, -0.15) is 0 Å². The Labute approximate surface area is 159 Å². The zero-order valence-electron chi connectivity index (χ0n) is 15.3. The van der Waals surface area contributed by atoms with Gasteiger partial charge in [-0.25, -0.2) is 4.98 Å². The molecule has 1 aliphatic heterocycles. The predicted octanol–water partition coefficient (Wildman–Crippen LogP) is 3.03. The summed E-state index contributed by atoms with van der Waals surface area (Å²) in [6.45, 7) is 2.90. The molecule has 0 spiro atoms. The summed E-state index contributed by atoms with van der Waals surface area (Å²) in [4.78, 5) is 21.5. The monoisotopic (exact) mass is 367 g/mol. The Bertz CT molecular complexity index is 778. The van der Waals surface area contributed by atoms with E-state index in [1.807, 2.05) is 29.2 Å². The number of nitrogens with one attached hydrogen (secondary N) is 1. The number of carbonyl (C=O) groups excluding carboxylic acids is 1. The molecule has 1 aromatic carbocycles. The average Bonchev–Trinajstić information content (AvgIpc) is 3.16. The van der Waals surface area contributed by atoms with E-state index in [9.17, 15) is 4.79 Å². The third-order valence-electron chi connectivity index (χ3n) is 4.96. The maximum absolute atomic E-state index is 12.7. The summed E-state index contributed by atoms with van der Waals surface area (Å²) in [5.41, 5.74) is 1.91. The SMILES string of the molecule is O=C(/C=C/c1cnc[nH]1)N(Cc1cccc(OCC2CCOC2)c1)C1CC1. The topological polar surface area (TPSA) is 67.5 Å². The van der Waals surface area contributed by atoms with Crippen molar-refractivity contribution in [3.8, 4) is 5.75 Å². The minimum Gasteiger partial charge on any atom is -0.493 e. The Balaban J connectivity index is 1.38. The van der Waals surface area contributed by atoms with Crippen LogP contribution in [0.2, 0.25) is 0 Å². The van der Waals surface area contributed by atoms with Gasteiger partial charge >= 0.3 is 0 Å². The van der Waals surface area contributed by atoms with E-state index in [1.165, 1.54) is 0 Å². The van der Waals surface area contributed by atoms with Crippen LogP contribution in [0.3, 0.4) is 0 Å². The molecule has 0 bridgehead atoms. The van der Waals surface area contributed by atoms with Gasteiger partial charge in [0.25, 0.3) is 0 Å². The molecule has 1 unspecified atom stereocenters. The molecule has 1 aromatic heterocycles. The molecule has 1 N–H and O–H groups in total. The minimum absolute atomic E-state index is 0.0292. The van der Waals surface area contributed by atoms with E-state index in [-0.39, 0.29) is 5.91 Å². The van der Waals surface area contributed by atoms with E-state index in [0.29, 0.717) is 25.1 Å². The van der Waals surface area contributed by atoms with Crippen LogP contribution in [-0.2, 0) is 16.1 Å². The second kappa shape index (κ2) is 8.39. The Morgan fingerprint density at radius 2 is 2.30 bits per heavy atom. The first-order valence-corrected chi connectivity index (χ1v) is 9.54. The zero-order valence-corrected chi connectivity index (χ0v) is 15.3. The molecule has 27 heavy (non-hydrogen) atoms. The molecule has 2 heterocycles. The highest BCUT2D eigenvalue weighted by Gasteiger charge is 2.31. The summed E-state index contributed by atoms with van der Waals surface area (Å²) in [5, 5.41) is 0. The third-order valence-corrected chi connectivity index (χ3v) is 4.96. The number of carbonyl (C=O) groups is 1. The van der Waals surface area contributed by atoms with Crippen molar-refractivity contribution in [2.45, 2.75) is 31.8 Å². The van der Waals surface area contributed by atoms with Crippen molar-refractivity contribution < 1.29 is 14.3 Å². The standard InChI is InChI=1S/C21H25N3O3/c25-21(7-4-18-11-22-15-23-18)24(19-5-6-19)12-16-2-1-3-20(10-16)27-14-17-8-9-26-13-17/h1-4,7,10-11,15,17,19H,5-6,8-9,12-14H2,(H,22,23)/b7-4+. The van der Waals surface area contributed by atoms with Crippen molar-refractivity contribution in [2.75, 3.05) is 19.8 Å². The number of amides is 1. The maximum Gasteiger partial charge on any atom is 0.247 e. The summed E-state index contributed by atoms with van der Waals surface area (Å²) < 4.78 is 11.3. The average molecular weight is 367 g/mol. The van der Waals surface area contributed by atoms with Gasteiger partial charge in [0.05, 0.1) is 31.4 Å². The smallest absolute Gasteiger partial charge is 0.247 e. The highest BCUT2D eigenvalue weighted by molar-refractivity contribution is 5.91. The molecule has 2 aromatic rings. The van der Waals surface area contributed by atoms with Crippen LogP contribution in [0.1, 0.15) is 30.5 Å². The largest absolute Gasteiger partial charge is 0.493 e. The number of benzene rings is 1. The molecule has 1 atom stereocenters. The molecule has 0 radical (unpaired) electrons.